The number of aliphatic hydroxyl groups is 1. The largest absolute Gasteiger partial charge is 0.394 e. The van der Waals surface area contributed by atoms with E-state index in [9.17, 15) is 18.7 Å². The summed E-state index contributed by atoms with van der Waals surface area (Å²) in [5.74, 6) is -2.52. The van der Waals surface area contributed by atoms with E-state index in [1.807, 2.05) is 30.5 Å². The van der Waals surface area contributed by atoms with Crippen molar-refractivity contribution in [3.8, 4) is 0 Å². The van der Waals surface area contributed by atoms with Crippen LogP contribution in [0.3, 0.4) is 0 Å². The van der Waals surface area contributed by atoms with Crippen molar-refractivity contribution in [1.82, 2.24) is 10.3 Å². The molecule has 0 spiro atoms. The number of urea groups is 1. The standard InChI is InChI=1S/C19H19F2N3O2S/c20-18(21)27-15-5-3-4-13(9-15)23-19(26)24-14(11-25)8-12-10-22-17-7-2-1-6-16(12)17/h1-7,9-10,14,18,22,25H,8,11H2,(H2,23,24,26). The van der Waals surface area contributed by atoms with Crippen LogP contribution in [0.4, 0.5) is 19.3 Å². The lowest BCUT2D eigenvalue weighted by Gasteiger charge is -2.17. The molecule has 8 heteroatoms. The minimum Gasteiger partial charge on any atom is -0.394 e. The zero-order chi connectivity index (χ0) is 19.2. The number of para-hydroxylation sites is 1. The summed E-state index contributed by atoms with van der Waals surface area (Å²) in [6, 6.07) is 13.0. The molecule has 2 amide bonds. The molecular formula is C19H19F2N3O2S. The SMILES string of the molecule is O=C(Nc1cccc(SC(F)F)c1)NC(CO)Cc1c[nH]c2ccccc12. The Morgan fingerprint density at radius 1 is 1.19 bits per heavy atom. The number of H-pyrrole nitrogens is 1. The summed E-state index contributed by atoms with van der Waals surface area (Å²) in [5.41, 5.74) is 2.38. The van der Waals surface area contributed by atoms with Crippen LogP contribution < -0.4 is 10.6 Å². The van der Waals surface area contributed by atoms with Gasteiger partial charge in [-0.1, -0.05) is 36.0 Å². The Kier molecular flexibility index (Phi) is 6.31. The summed E-state index contributed by atoms with van der Waals surface area (Å²) < 4.78 is 24.9. The van der Waals surface area contributed by atoms with E-state index in [-0.39, 0.29) is 6.61 Å². The molecule has 142 valence electrons. The van der Waals surface area contributed by atoms with Gasteiger partial charge in [-0.05, 0) is 36.2 Å². The van der Waals surface area contributed by atoms with E-state index >= 15 is 0 Å². The van der Waals surface area contributed by atoms with Gasteiger partial charge in [-0.15, -0.1) is 0 Å². The van der Waals surface area contributed by atoms with Gasteiger partial charge < -0.3 is 20.7 Å². The normalized spacial score (nSPS) is 12.3. The summed E-state index contributed by atoms with van der Waals surface area (Å²) in [7, 11) is 0. The molecule has 3 rings (SSSR count). The molecule has 0 saturated heterocycles. The fraction of sp³-hybridized carbons (Fsp3) is 0.211. The van der Waals surface area contributed by atoms with E-state index in [0.717, 1.165) is 16.5 Å². The van der Waals surface area contributed by atoms with Crippen LogP contribution in [0, 0.1) is 0 Å². The fourth-order valence-electron chi connectivity index (χ4n) is 2.83. The number of hydrogen-bond acceptors (Lipinski definition) is 3. The van der Waals surface area contributed by atoms with Crippen LogP contribution in [0.25, 0.3) is 10.9 Å². The number of amides is 2. The van der Waals surface area contributed by atoms with E-state index in [4.69, 9.17) is 0 Å². The molecule has 0 aliphatic rings. The third-order valence-corrected chi connectivity index (χ3v) is 4.72. The lowest BCUT2D eigenvalue weighted by molar-refractivity contribution is 0.224. The van der Waals surface area contributed by atoms with Crippen molar-refractivity contribution in [3.63, 3.8) is 0 Å². The van der Waals surface area contributed by atoms with Gasteiger partial charge >= 0.3 is 6.03 Å². The molecule has 0 aliphatic carbocycles. The molecule has 0 fully saturated rings. The quantitative estimate of drug-likeness (QED) is 0.456. The minimum atomic E-state index is -2.52. The number of alkyl halides is 2. The second kappa shape index (κ2) is 8.88. The van der Waals surface area contributed by atoms with Gasteiger partial charge in [0, 0.05) is 27.7 Å². The molecular weight excluding hydrogens is 372 g/mol. The Hall–Kier alpha value is -2.58. The van der Waals surface area contributed by atoms with Crippen molar-refractivity contribution in [2.45, 2.75) is 23.1 Å². The molecule has 1 atom stereocenters. The zero-order valence-corrected chi connectivity index (χ0v) is 15.1. The van der Waals surface area contributed by atoms with Gasteiger partial charge in [0.25, 0.3) is 5.76 Å². The van der Waals surface area contributed by atoms with Gasteiger partial charge in [-0.25, -0.2) is 4.79 Å². The number of hydrogen-bond donors (Lipinski definition) is 4. The molecule has 2 aromatic carbocycles. The molecule has 0 saturated carbocycles. The number of benzene rings is 2. The van der Waals surface area contributed by atoms with Crippen LogP contribution in [-0.4, -0.2) is 34.5 Å². The Balaban J connectivity index is 1.62. The number of rotatable bonds is 7. The van der Waals surface area contributed by atoms with Crippen molar-refractivity contribution in [3.05, 3.63) is 60.3 Å². The molecule has 3 aromatic rings. The number of halogens is 2. The van der Waals surface area contributed by atoms with Gasteiger partial charge in [0.15, 0.2) is 0 Å². The van der Waals surface area contributed by atoms with Gasteiger partial charge in [-0.2, -0.15) is 8.78 Å². The predicted octanol–water partition coefficient (Wildman–Crippen LogP) is 4.21. The Labute approximate surface area is 159 Å². The predicted molar refractivity (Wildman–Crippen MR) is 103 cm³/mol. The second-order valence-corrected chi connectivity index (χ2v) is 7.01. The minimum absolute atomic E-state index is 0.228. The van der Waals surface area contributed by atoms with Gasteiger partial charge in [-0.3, -0.25) is 0 Å². The van der Waals surface area contributed by atoms with E-state index in [1.165, 1.54) is 6.07 Å². The first kappa shape index (κ1) is 19.2. The first-order valence-electron chi connectivity index (χ1n) is 8.33. The first-order chi connectivity index (χ1) is 13.0. The highest BCUT2D eigenvalue weighted by atomic mass is 32.2. The lowest BCUT2D eigenvalue weighted by atomic mass is 10.1. The number of aliphatic hydroxyl groups excluding tert-OH is 1. The maximum absolute atomic E-state index is 12.5. The smallest absolute Gasteiger partial charge is 0.319 e. The summed E-state index contributed by atoms with van der Waals surface area (Å²) in [5, 5.41) is 16.0. The number of carbonyl (C=O) groups excluding carboxylic acids is 1. The Bertz CT molecular complexity index is 917. The molecule has 0 bridgehead atoms. The summed E-state index contributed by atoms with van der Waals surface area (Å²) >= 11 is 0.413. The van der Waals surface area contributed by atoms with Crippen LogP contribution >= 0.6 is 11.8 Å². The molecule has 5 nitrogen and oxygen atoms in total. The van der Waals surface area contributed by atoms with Crippen LogP contribution in [0.15, 0.2) is 59.6 Å². The molecule has 0 aliphatic heterocycles. The van der Waals surface area contributed by atoms with Crippen molar-refractivity contribution in [2.24, 2.45) is 0 Å². The van der Waals surface area contributed by atoms with E-state index in [0.29, 0.717) is 28.8 Å². The highest BCUT2D eigenvalue weighted by molar-refractivity contribution is 7.99. The van der Waals surface area contributed by atoms with Gasteiger partial charge in [0.05, 0.1) is 12.6 Å². The monoisotopic (exact) mass is 391 g/mol. The highest BCUT2D eigenvalue weighted by Gasteiger charge is 2.15. The first-order valence-corrected chi connectivity index (χ1v) is 9.21. The van der Waals surface area contributed by atoms with Crippen molar-refractivity contribution < 1.29 is 18.7 Å². The molecule has 1 aromatic heterocycles. The summed E-state index contributed by atoms with van der Waals surface area (Å²) in [4.78, 5) is 15.7. The number of aromatic amines is 1. The molecule has 4 N–H and O–H groups in total. The Morgan fingerprint density at radius 3 is 2.78 bits per heavy atom. The molecule has 0 radical (unpaired) electrons. The number of fused-ring (bicyclic) bond motifs is 1. The number of aromatic nitrogens is 1. The van der Waals surface area contributed by atoms with Crippen LogP contribution in [0.5, 0.6) is 0 Å². The average molecular weight is 391 g/mol. The van der Waals surface area contributed by atoms with Gasteiger partial charge in [0.2, 0.25) is 0 Å². The van der Waals surface area contributed by atoms with Crippen LogP contribution in [-0.2, 0) is 6.42 Å². The summed E-state index contributed by atoms with van der Waals surface area (Å²) in [6.07, 6.45) is 2.31. The second-order valence-electron chi connectivity index (χ2n) is 5.95. The summed E-state index contributed by atoms with van der Waals surface area (Å²) in [6.45, 7) is -0.228. The zero-order valence-electron chi connectivity index (χ0n) is 14.3. The highest BCUT2D eigenvalue weighted by Crippen LogP contribution is 2.27. The number of thioether (sulfide) groups is 1. The molecule has 1 unspecified atom stereocenters. The molecule has 1 heterocycles. The van der Waals surface area contributed by atoms with Crippen LogP contribution in [0.1, 0.15) is 5.56 Å². The number of anilines is 1. The molecule has 27 heavy (non-hydrogen) atoms. The topological polar surface area (TPSA) is 77.2 Å². The average Bonchev–Trinajstić information content (AvgIpc) is 3.04. The Morgan fingerprint density at radius 2 is 2.00 bits per heavy atom. The van der Waals surface area contributed by atoms with Crippen molar-refractivity contribution in [1.29, 1.82) is 0 Å². The van der Waals surface area contributed by atoms with E-state index in [2.05, 4.69) is 15.6 Å². The third kappa shape index (κ3) is 5.21. The van der Waals surface area contributed by atoms with Crippen molar-refractivity contribution in [2.75, 3.05) is 11.9 Å². The number of nitrogens with one attached hydrogen (secondary N) is 3. The van der Waals surface area contributed by atoms with Gasteiger partial charge in [0.1, 0.15) is 0 Å². The maximum atomic E-state index is 12.5. The van der Waals surface area contributed by atoms with Crippen molar-refractivity contribution >= 4 is 34.4 Å². The number of carbonyl (C=O) groups is 1. The van der Waals surface area contributed by atoms with Crippen LogP contribution in [0.2, 0.25) is 0 Å². The fourth-order valence-corrected chi connectivity index (χ4v) is 3.39. The van der Waals surface area contributed by atoms with E-state index in [1.54, 1.807) is 18.2 Å². The third-order valence-electron chi connectivity index (χ3n) is 4.01. The van der Waals surface area contributed by atoms with E-state index < -0.39 is 17.8 Å². The maximum Gasteiger partial charge on any atom is 0.319 e. The lowest BCUT2D eigenvalue weighted by Crippen LogP contribution is -2.41.